The van der Waals surface area contributed by atoms with E-state index < -0.39 is 0 Å². The predicted octanol–water partition coefficient (Wildman–Crippen LogP) is 3.93. The van der Waals surface area contributed by atoms with Gasteiger partial charge in [-0.25, -0.2) is 4.39 Å². The largest absolute Gasteiger partial charge is 0.325 e. The molecule has 1 aliphatic heterocycles. The average Bonchev–Trinajstić information content (AvgIpc) is 2.64. The molecule has 1 fully saturated rings. The molecule has 0 bridgehead atoms. The van der Waals surface area contributed by atoms with Gasteiger partial charge in [0.1, 0.15) is 5.82 Å². The zero-order valence-corrected chi connectivity index (χ0v) is 14.6. The standard InChI is InChI=1S/C21H22FN3O/c22-17-9-6-10-18(13-17)24-21(26)15-25-12-5-4-11-20(25)19(14-23)16-7-2-1-3-8-16/h1-3,6-10,13,19-20H,4-5,11-12,15H2,(H,24,26)/t19-,20-/m1/s1. The number of carbonyl (C=O) groups is 1. The van der Waals surface area contributed by atoms with Crippen LogP contribution < -0.4 is 5.32 Å². The maximum Gasteiger partial charge on any atom is 0.238 e. The molecule has 134 valence electrons. The molecular formula is C21H22FN3O. The van der Waals surface area contributed by atoms with E-state index in [1.807, 2.05) is 30.3 Å². The van der Waals surface area contributed by atoms with Crippen LogP contribution in [0.25, 0.3) is 0 Å². The van der Waals surface area contributed by atoms with Crippen molar-refractivity contribution in [3.8, 4) is 6.07 Å². The molecule has 2 atom stereocenters. The van der Waals surface area contributed by atoms with E-state index in [0.717, 1.165) is 31.4 Å². The highest BCUT2D eigenvalue weighted by Gasteiger charge is 2.32. The summed E-state index contributed by atoms with van der Waals surface area (Å²) in [6, 6.07) is 18.0. The second-order valence-corrected chi connectivity index (χ2v) is 6.61. The zero-order valence-electron chi connectivity index (χ0n) is 14.6. The Morgan fingerprint density at radius 3 is 2.77 bits per heavy atom. The second kappa shape index (κ2) is 8.59. The zero-order chi connectivity index (χ0) is 18.4. The first-order valence-corrected chi connectivity index (χ1v) is 8.91. The van der Waals surface area contributed by atoms with Gasteiger partial charge in [0.2, 0.25) is 5.91 Å². The quantitative estimate of drug-likeness (QED) is 0.888. The number of piperidine rings is 1. The van der Waals surface area contributed by atoms with Crippen LogP contribution in [0.5, 0.6) is 0 Å². The van der Waals surface area contributed by atoms with Crippen LogP contribution in [-0.2, 0) is 4.79 Å². The van der Waals surface area contributed by atoms with Crippen molar-refractivity contribution in [3.63, 3.8) is 0 Å². The maximum absolute atomic E-state index is 13.3. The number of halogens is 1. The van der Waals surface area contributed by atoms with E-state index in [1.165, 1.54) is 12.1 Å². The van der Waals surface area contributed by atoms with Crippen LogP contribution in [0.3, 0.4) is 0 Å². The molecule has 0 unspecified atom stereocenters. The number of rotatable bonds is 5. The van der Waals surface area contributed by atoms with Crippen molar-refractivity contribution in [1.82, 2.24) is 4.90 Å². The highest BCUT2D eigenvalue weighted by atomic mass is 19.1. The Labute approximate surface area is 153 Å². The Morgan fingerprint density at radius 2 is 2.04 bits per heavy atom. The minimum Gasteiger partial charge on any atom is -0.325 e. The summed E-state index contributed by atoms with van der Waals surface area (Å²) in [7, 11) is 0. The summed E-state index contributed by atoms with van der Waals surface area (Å²) >= 11 is 0. The third-order valence-electron chi connectivity index (χ3n) is 4.80. The molecule has 1 amide bonds. The number of amides is 1. The van der Waals surface area contributed by atoms with Gasteiger partial charge in [-0.15, -0.1) is 0 Å². The lowest BCUT2D eigenvalue weighted by Crippen LogP contribution is -2.46. The monoisotopic (exact) mass is 351 g/mol. The summed E-state index contributed by atoms with van der Waals surface area (Å²) < 4.78 is 13.3. The van der Waals surface area contributed by atoms with Gasteiger partial charge in [0.25, 0.3) is 0 Å². The van der Waals surface area contributed by atoms with Crippen LogP contribution in [-0.4, -0.2) is 29.9 Å². The topological polar surface area (TPSA) is 56.1 Å². The molecule has 2 aromatic carbocycles. The first kappa shape index (κ1) is 18.1. The number of anilines is 1. The van der Waals surface area contributed by atoms with Crippen LogP contribution in [0.2, 0.25) is 0 Å². The molecule has 5 heteroatoms. The highest BCUT2D eigenvalue weighted by molar-refractivity contribution is 5.92. The third kappa shape index (κ3) is 4.47. The van der Waals surface area contributed by atoms with Crippen molar-refractivity contribution in [3.05, 3.63) is 66.0 Å². The van der Waals surface area contributed by atoms with Crippen LogP contribution >= 0.6 is 0 Å². The van der Waals surface area contributed by atoms with E-state index >= 15 is 0 Å². The fraction of sp³-hybridized carbons (Fsp3) is 0.333. The van der Waals surface area contributed by atoms with Crippen LogP contribution in [0.4, 0.5) is 10.1 Å². The lowest BCUT2D eigenvalue weighted by Gasteiger charge is -2.37. The van der Waals surface area contributed by atoms with Gasteiger partial charge in [0.15, 0.2) is 0 Å². The number of nitriles is 1. The van der Waals surface area contributed by atoms with Crippen molar-refractivity contribution in [1.29, 1.82) is 5.26 Å². The number of nitrogens with one attached hydrogen (secondary N) is 1. The van der Waals surface area contributed by atoms with Gasteiger partial charge in [-0.2, -0.15) is 5.26 Å². The molecule has 1 N–H and O–H groups in total. The van der Waals surface area contributed by atoms with Gasteiger partial charge in [-0.3, -0.25) is 9.69 Å². The fourth-order valence-corrected chi connectivity index (χ4v) is 3.58. The SMILES string of the molecule is N#C[C@H](c1ccccc1)[C@H]1CCCCN1CC(=O)Nc1cccc(F)c1. The van der Waals surface area contributed by atoms with Crippen molar-refractivity contribution >= 4 is 11.6 Å². The van der Waals surface area contributed by atoms with E-state index in [4.69, 9.17) is 0 Å². The fourth-order valence-electron chi connectivity index (χ4n) is 3.58. The maximum atomic E-state index is 13.3. The van der Waals surface area contributed by atoms with Crippen LogP contribution in [0.1, 0.15) is 30.7 Å². The van der Waals surface area contributed by atoms with Crippen molar-refractivity contribution < 1.29 is 9.18 Å². The minimum atomic E-state index is -0.382. The Kier molecular flexibility index (Phi) is 5.98. The van der Waals surface area contributed by atoms with Gasteiger partial charge in [0.05, 0.1) is 18.5 Å². The number of likely N-dealkylation sites (tertiary alicyclic amines) is 1. The number of hydrogen-bond donors (Lipinski definition) is 1. The molecule has 3 rings (SSSR count). The van der Waals surface area contributed by atoms with E-state index in [9.17, 15) is 14.4 Å². The van der Waals surface area contributed by atoms with E-state index in [2.05, 4.69) is 16.3 Å². The van der Waals surface area contributed by atoms with E-state index in [0.29, 0.717) is 5.69 Å². The molecular weight excluding hydrogens is 329 g/mol. The second-order valence-electron chi connectivity index (χ2n) is 6.61. The van der Waals surface area contributed by atoms with E-state index in [-0.39, 0.29) is 30.2 Å². The number of hydrogen-bond acceptors (Lipinski definition) is 3. The smallest absolute Gasteiger partial charge is 0.238 e. The summed E-state index contributed by atoms with van der Waals surface area (Å²) in [4.78, 5) is 14.5. The summed E-state index contributed by atoms with van der Waals surface area (Å²) in [5, 5.41) is 12.5. The molecule has 2 aromatic rings. The summed E-state index contributed by atoms with van der Waals surface area (Å²) in [5.74, 6) is -0.835. The molecule has 0 aliphatic carbocycles. The lowest BCUT2D eigenvalue weighted by atomic mass is 9.86. The van der Waals surface area contributed by atoms with Crippen molar-refractivity contribution in [2.45, 2.75) is 31.2 Å². The Morgan fingerprint density at radius 1 is 1.23 bits per heavy atom. The number of carbonyl (C=O) groups excluding carboxylic acids is 1. The molecule has 26 heavy (non-hydrogen) atoms. The van der Waals surface area contributed by atoms with Crippen molar-refractivity contribution in [2.75, 3.05) is 18.4 Å². The van der Waals surface area contributed by atoms with Gasteiger partial charge in [0, 0.05) is 11.7 Å². The molecule has 1 heterocycles. The summed E-state index contributed by atoms with van der Waals surface area (Å²) in [6.45, 7) is 0.985. The first-order valence-electron chi connectivity index (χ1n) is 8.91. The van der Waals surface area contributed by atoms with Gasteiger partial charge in [-0.1, -0.05) is 42.8 Å². The van der Waals surface area contributed by atoms with Crippen LogP contribution in [0.15, 0.2) is 54.6 Å². The third-order valence-corrected chi connectivity index (χ3v) is 4.80. The molecule has 0 saturated carbocycles. The van der Waals surface area contributed by atoms with Gasteiger partial charge in [-0.05, 0) is 43.1 Å². The first-order chi connectivity index (χ1) is 12.7. The summed E-state index contributed by atoms with van der Waals surface area (Å²) in [5.41, 5.74) is 1.43. The Balaban J connectivity index is 1.70. The highest BCUT2D eigenvalue weighted by Crippen LogP contribution is 2.30. The number of nitrogens with zero attached hydrogens (tertiary/aromatic N) is 2. The molecule has 0 radical (unpaired) electrons. The Hall–Kier alpha value is -2.71. The number of benzene rings is 2. The molecule has 0 aromatic heterocycles. The predicted molar refractivity (Wildman–Crippen MR) is 99.0 cm³/mol. The average molecular weight is 351 g/mol. The lowest BCUT2D eigenvalue weighted by molar-refractivity contribution is -0.118. The van der Waals surface area contributed by atoms with Gasteiger partial charge < -0.3 is 5.32 Å². The molecule has 0 spiro atoms. The van der Waals surface area contributed by atoms with E-state index in [1.54, 1.807) is 12.1 Å². The Bertz CT molecular complexity index is 787. The minimum absolute atomic E-state index is 0.00871. The van der Waals surface area contributed by atoms with Gasteiger partial charge >= 0.3 is 0 Å². The van der Waals surface area contributed by atoms with Crippen molar-refractivity contribution in [2.24, 2.45) is 0 Å². The summed E-state index contributed by atoms with van der Waals surface area (Å²) in [6.07, 6.45) is 2.95. The van der Waals surface area contributed by atoms with Crippen LogP contribution in [0, 0.1) is 17.1 Å². The molecule has 1 saturated heterocycles. The normalized spacial score (nSPS) is 18.7. The molecule has 1 aliphatic rings. The molecule has 4 nitrogen and oxygen atoms in total.